The molecule has 0 spiro atoms. The third-order valence-corrected chi connectivity index (χ3v) is 14.0. The highest BCUT2D eigenvalue weighted by molar-refractivity contribution is 5.17. The van der Waals surface area contributed by atoms with Crippen molar-refractivity contribution in [3.05, 3.63) is 242 Å². The van der Waals surface area contributed by atoms with Gasteiger partial charge in [0.25, 0.3) is 0 Å². The molecule has 0 saturated heterocycles. The van der Waals surface area contributed by atoms with Crippen LogP contribution in [0.5, 0.6) is 0 Å². The van der Waals surface area contributed by atoms with Crippen molar-refractivity contribution in [1.29, 1.82) is 0 Å². The van der Waals surface area contributed by atoms with Crippen molar-refractivity contribution in [3.63, 3.8) is 0 Å². The molecule has 0 N–H and O–H groups in total. The molecule has 1 unspecified atom stereocenters. The molecule has 5 aromatic rings. The van der Waals surface area contributed by atoms with Crippen LogP contribution in [0.3, 0.4) is 0 Å². The first-order chi connectivity index (χ1) is 40.1. The summed E-state index contributed by atoms with van der Waals surface area (Å²) < 4.78 is 49.6. The Morgan fingerprint density at radius 3 is 0.963 bits per heavy atom. The third kappa shape index (κ3) is 37.7. The van der Waals surface area contributed by atoms with Gasteiger partial charge in [-0.2, -0.15) is 0 Å². The minimum Gasteiger partial charge on any atom is -0.499 e. The van der Waals surface area contributed by atoms with E-state index in [1.54, 1.807) is 56.4 Å². The van der Waals surface area contributed by atoms with Gasteiger partial charge in [0.15, 0.2) is 0 Å². The Labute approximate surface area is 496 Å². The summed E-state index contributed by atoms with van der Waals surface area (Å²) in [5.41, 5.74) is 6.67. The summed E-state index contributed by atoms with van der Waals surface area (Å²) in [6.07, 6.45) is 28.1. The van der Waals surface area contributed by atoms with Crippen LogP contribution < -0.4 is 0 Å². The van der Waals surface area contributed by atoms with Gasteiger partial charge in [0.05, 0.1) is 65.2 Å². The summed E-state index contributed by atoms with van der Waals surface area (Å²) in [6.45, 7) is 23.6. The first kappa shape index (κ1) is 70.9. The van der Waals surface area contributed by atoms with E-state index in [1.165, 1.54) is 27.8 Å². The maximum Gasteiger partial charge on any atom is 0.118 e. The number of nitrogens with zero attached hydrogens (tertiary/aromatic N) is 1. The molecule has 0 fully saturated rings. The van der Waals surface area contributed by atoms with Crippen molar-refractivity contribution < 1.29 is 42.6 Å². The van der Waals surface area contributed by atoms with Gasteiger partial charge in [0.1, 0.15) is 50.1 Å². The Morgan fingerprint density at radius 2 is 0.671 bits per heavy atom. The molecule has 10 nitrogen and oxygen atoms in total. The van der Waals surface area contributed by atoms with E-state index in [0.29, 0.717) is 39.6 Å². The first-order valence-corrected chi connectivity index (χ1v) is 29.9. The highest BCUT2D eigenvalue weighted by Gasteiger charge is 2.27. The van der Waals surface area contributed by atoms with Gasteiger partial charge in [-0.05, 0) is 73.8 Å². The topological polar surface area (TPSA) is 86.3 Å². The number of hydrogen-bond acceptors (Lipinski definition) is 10. The van der Waals surface area contributed by atoms with Crippen molar-refractivity contribution in [2.75, 3.05) is 66.4 Å². The molecule has 5 rings (SSSR count). The van der Waals surface area contributed by atoms with Gasteiger partial charge >= 0.3 is 0 Å². The van der Waals surface area contributed by atoms with E-state index in [0.717, 1.165) is 90.4 Å². The minimum absolute atomic E-state index is 0.0389. The van der Waals surface area contributed by atoms with E-state index in [9.17, 15) is 0 Å². The van der Waals surface area contributed by atoms with Crippen molar-refractivity contribution in [3.8, 4) is 0 Å². The molecule has 5 aromatic carbocycles. The number of hydrogen-bond donors (Lipinski definition) is 0. The molecule has 450 valence electrons. The van der Waals surface area contributed by atoms with E-state index in [2.05, 4.69) is 133 Å². The van der Waals surface area contributed by atoms with Crippen LogP contribution in [0.2, 0.25) is 0 Å². The van der Waals surface area contributed by atoms with Crippen LogP contribution in [0.1, 0.15) is 122 Å². The molecule has 0 aliphatic rings. The van der Waals surface area contributed by atoms with Crippen molar-refractivity contribution in [2.24, 2.45) is 10.8 Å². The number of ether oxygens (including phenoxy) is 9. The molecule has 82 heavy (non-hydrogen) atoms. The zero-order valence-electron chi connectivity index (χ0n) is 51.5. The van der Waals surface area contributed by atoms with E-state index in [4.69, 9.17) is 42.6 Å². The monoisotopic (exact) mass is 1130 g/mol. The second-order valence-electron chi connectivity index (χ2n) is 20.4. The lowest BCUT2D eigenvalue weighted by Gasteiger charge is -2.29. The summed E-state index contributed by atoms with van der Waals surface area (Å²) >= 11 is 0. The lowest BCUT2D eigenvalue weighted by molar-refractivity contribution is 0.0279. The average molecular weight is 1130 g/mol. The van der Waals surface area contributed by atoms with Crippen LogP contribution >= 0.6 is 0 Å². The highest BCUT2D eigenvalue weighted by Crippen LogP contribution is 2.28. The molecule has 0 saturated carbocycles. The van der Waals surface area contributed by atoms with E-state index < -0.39 is 0 Å². The van der Waals surface area contributed by atoms with Crippen LogP contribution in [0.25, 0.3) is 0 Å². The molecular weight excluding hydrogens is 1020 g/mol. The Hall–Kier alpha value is -7.20. The van der Waals surface area contributed by atoms with Crippen LogP contribution in [-0.2, 0) is 74.7 Å². The van der Waals surface area contributed by atoms with Crippen molar-refractivity contribution in [1.82, 2.24) is 4.90 Å². The lowest BCUT2D eigenvalue weighted by atomic mass is 9.84. The summed E-state index contributed by atoms with van der Waals surface area (Å²) in [6, 6.07) is 51.6. The molecule has 10 heteroatoms. The fraction of sp³-hybridized carbons (Fsp3) is 0.444. The van der Waals surface area contributed by atoms with Gasteiger partial charge in [0.2, 0.25) is 0 Å². The fourth-order valence-corrected chi connectivity index (χ4v) is 7.47. The largest absolute Gasteiger partial charge is 0.499 e. The van der Waals surface area contributed by atoms with Gasteiger partial charge in [0, 0.05) is 62.7 Å². The zero-order valence-corrected chi connectivity index (χ0v) is 51.5. The molecule has 0 amide bonds. The average Bonchev–Trinajstić information content (AvgIpc) is 3.54. The standard InChI is InChI=1S/C27H36O4.C17H26O2.C15H22O2.C13H19NO/c1-3-27(4-2,23-30-21-19-28-17-15-25-11-7-5-8-12-25)24-31-22-20-29-18-16-26-13-9-6-10-14-26;1-4-17(3,5-2)15-19-14-13-18-12-11-16-9-7-6-8-10-16;1-3-7-14(2)17-13-12-16-11-10-15-8-5-4-6-9-15;1-3-14(2)10-12-15-11-9-13-7-5-4-6-8-13/h5-14,19-22H,3-4,15-18,23-24H2,1-2H3;6-10,13-14H,4-5,11-12,15H2,1-3H3;4-6,8-9,12-14H,3,7,10-11H2,1-2H3;4-8,10,12H,3,9,11H2,1-2H3/b21-19-,22-20-;14-13-;13-12-;12-10-. The Kier molecular flexibility index (Phi) is 41.9. The molecule has 0 bridgehead atoms. The minimum atomic E-state index is -0.0389. The predicted molar refractivity (Wildman–Crippen MR) is 340 cm³/mol. The van der Waals surface area contributed by atoms with Crippen LogP contribution in [-0.4, -0.2) is 77.5 Å². The summed E-state index contributed by atoms with van der Waals surface area (Å²) in [4.78, 5) is 2.07. The van der Waals surface area contributed by atoms with Gasteiger partial charge in [-0.3, -0.25) is 0 Å². The molecule has 0 aromatic heterocycles. The van der Waals surface area contributed by atoms with Gasteiger partial charge in [-0.25, -0.2) is 0 Å². The lowest BCUT2D eigenvalue weighted by Crippen LogP contribution is -2.29. The molecular formula is C72H103NO9. The predicted octanol–water partition coefficient (Wildman–Crippen LogP) is 17.4. The molecule has 0 radical (unpaired) electrons. The smallest absolute Gasteiger partial charge is 0.118 e. The normalized spacial score (nSPS) is 11.7. The van der Waals surface area contributed by atoms with Crippen LogP contribution in [0.15, 0.2) is 214 Å². The number of benzene rings is 5. The van der Waals surface area contributed by atoms with Crippen molar-refractivity contribution >= 4 is 0 Å². The van der Waals surface area contributed by atoms with E-state index >= 15 is 0 Å². The number of rotatable bonds is 39. The Balaban J connectivity index is 0.000000391. The zero-order chi connectivity index (χ0) is 59.3. The molecule has 1 atom stereocenters. The Morgan fingerprint density at radius 1 is 0.378 bits per heavy atom. The second-order valence-corrected chi connectivity index (χ2v) is 20.4. The van der Waals surface area contributed by atoms with Gasteiger partial charge < -0.3 is 47.5 Å². The highest BCUT2D eigenvalue weighted by atomic mass is 16.5. The SMILES string of the molecule is CCC(C)(CC)CO/C=C\OCCc1ccccc1.CCC(CC)(CO/C=C\OCCc1ccccc1)CO/C=C\OCCc1ccccc1.CCCC(C)O/C=C\OCCc1ccccc1.CCN(C)/C=C\OCCc1ccccc1. The van der Waals surface area contributed by atoms with Crippen molar-refractivity contribution in [2.45, 2.75) is 132 Å². The summed E-state index contributed by atoms with van der Waals surface area (Å²) in [5, 5.41) is 0. The maximum absolute atomic E-state index is 5.74. The van der Waals surface area contributed by atoms with Gasteiger partial charge in [-0.1, -0.05) is 200 Å². The third-order valence-electron chi connectivity index (χ3n) is 14.0. The second kappa shape index (κ2) is 48.5. The molecule has 0 aliphatic carbocycles. The fourth-order valence-electron chi connectivity index (χ4n) is 7.47. The molecule has 0 heterocycles. The van der Waals surface area contributed by atoms with Crippen LogP contribution in [0, 0.1) is 10.8 Å². The maximum atomic E-state index is 5.74. The Bertz CT molecular complexity index is 2260. The van der Waals surface area contributed by atoms with E-state index in [1.807, 2.05) is 92.1 Å². The van der Waals surface area contributed by atoms with E-state index in [-0.39, 0.29) is 16.9 Å². The summed E-state index contributed by atoms with van der Waals surface area (Å²) in [7, 11) is 2.02. The molecule has 0 aliphatic heterocycles. The summed E-state index contributed by atoms with van der Waals surface area (Å²) in [5.74, 6) is 0. The van der Waals surface area contributed by atoms with Crippen LogP contribution in [0.4, 0.5) is 0 Å². The quantitative estimate of drug-likeness (QED) is 0.0280. The first-order valence-electron chi connectivity index (χ1n) is 29.9. The van der Waals surface area contributed by atoms with Gasteiger partial charge in [-0.15, -0.1) is 0 Å².